The fraction of sp³-hybridized carbons (Fsp3) is 0.550. The predicted octanol–water partition coefficient (Wildman–Crippen LogP) is 0.690. The number of hydrogen-bond acceptors (Lipinski definition) is 8. The molecule has 4 N–H and O–H groups in total. The standard InChI is InChI=1S/C20H28N4O6S/c1-11(2)23-15(10-29-13-7-5-4-6-8-13)22-24(20(23)31)19-16(21-12(3)26)18(28)17(27)14(9-25)30-19/h4-8,11,14,16-19,25,27-28H,9-10H2,1-3H3,(H,21,26)/t14-,16-,17-,18-,19-/m1/s1. The van der Waals surface area contributed by atoms with E-state index >= 15 is 0 Å². The number of aliphatic hydroxyl groups excluding tert-OH is 3. The molecule has 1 fully saturated rings. The van der Waals surface area contributed by atoms with Gasteiger partial charge in [-0.2, -0.15) is 5.10 Å². The number of carbonyl (C=O) groups excluding carboxylic acids is 1. The lowest BCUT2D eigenvalue weighted by Crippen LogP contribution is -2.62. The topological polar surface area (TPSA) is 131 Å². The van der Waals surface area contributed by atoms with E-state index in [9.17, 15) is 20.1 Å². The molecule has 1 aromatic carbocycles. The van der Waals surface area contributed by atoms with Crippen molar-refractivity contribution in [1.82, 2.24) is 19.7 Å². The number of nitrogens with zero attached hydrogens (tertiary/aromatic N) is 3. The Morgan fingerprint density at radius 1 is 1.29 bits per heavy atom. The SMILES string of the molecule is CC(=O)N[C@@H]1[C@@H](O)[C@H](O)[C@@H](CO)O[C@H]1n1nc(COc2ccccc2)n(C(C)C)c1=S. The van der Waals surface area contributed by atoms with E-state index in [1.807, 2.05) is 44.2 Å². The highest BCUT2D eigenvalue weighted by molar-refractivity contribution is 7.71. The number of hydrogen-bond donors (Lipinski definition) is 4. The summed E-state index contributed by atoms with van der Waals surface area (Å²) in [6.07, 6.45) is -4.89. The number of nitrogens with one attached hydrogen (secondary N) is 1. The van der Waals surface area contributed by atoms with Crippen molar-refractivity contribution in [2.45, 2.75) is 64.0 Å². The van der Waals surface area contributed by atoms with Gasteiger partial charge in [0.1, 0.15) is 36.7 Å². The third-order valence-corrected chi connectivity index (χ3v) is 5.43. The second-order valence-electron chi connectivity index (χ2n) is 7.66. The summed E-state index contributed by atoms with van der Waals surface area (Å²) in [6, 6.07) is 8.18. The monoisotopic (exact) mass is 452 g/mol. The Balaban J connectivity index is 1.98. The first kappa shape index (κ1) is 23.4. The Labute approximate surface area is 185 Å². The van der Waals surface area contributed by atoms with Gasteiger partial charge in [-0.1, -0.05) is 18.2 Å². The van der Waals surface area contributed by atoms with Gasteiger partial charge in [-0.15, -0.1) is 0 Å². The van der Waals surface area contributed by atoms with E-state index in [4.69, 9.17) is 21.7 Å². The van der Waals surface area contributed by atoms with Crippen molar-refractivity contribution in [3.8, 4) is 5.75 Å². The summed E-state index contributed by atoms with van der Waals surface area (Å²) in [4.78, 5) is 11.7. The highest BCUT2D eigenvalue weighted by atomic mass is 32.1. The molecule has 1 saturated heterocycles. The van der Waals surface area contributed by atoms with Gasteiger partial charge in [0.05, 0.1) is 6.61 Å². The quantitative estimate of drug-likeness (QED) is 0.452. The highest BCUT2D eigenvalue weighted by Gasteiger charge is 2.46. The minimum atomic E-state index is -1.39. The number of para-hydroxylation sites is 1. The number of aliphatic hydroxyl groups is 3. The smallest absolute Gasteiger partial charge is 0.217 e. The second-order valence-corrected chi connectivity index (χ2v) is 8.03. The molecule has 11 heteroatoms. The maximum atomic E-state index is 11.7. The van der Waals surface area contributed by atoms with Gasteiger partial charge in [-0.3, -0.25) is 9.36 Å². The molecule has 0 radical (unpaired) electrons. The molecule has 1 aromatic heterocycles. The largest absolute Gasteiger partial charge is 0.486 e. The molecule has 31 heavy (non-hydrogen) atoms. The first-order chi connectivity index (χ1) is 14.7. The van der Waals surface area contributed by atoms with Crippen molar-refractivity contribution in [3.63, 3.8) is 0 Å². The van der Waals surface area contributed by atoms with E-state index in [2.05, 4.69) is 10.4 Å². The maximum absolute atomic E-state index is 11.7. The van der Waals surface area contributed by atoms with E-state index < -0.39 is 43.1 Å². The molecule has 10 nitrogen and oxygen atoms in total. The minimum absolute atomic E-state index is 0.0532. The van der Waals surface area contributed by atoms with Crippen LogP contribution in [0.25, 0.3) is 0 Å². The number of benzene rings is 1. The first-order valence-corrected chi connectivity index (χ1v) is 10.4. The van der Waals surface area contributed by atoms with Crippen LogP contribution in [0, 0.1) is 4.77 Å². The normalized spacial score (nSPS) is 26.1. The van der Waals surface area contributed by atoms with Crippen LogP contribution in [-0.2, 0) is 16.1 Å². The van der Waals surface area contributed by atoms with Crippen LogP contribution in [0.15, 0.2) is 30.3 Å². The van der Waals surface area contributed by atoms with E-state index in [1.165, 1.54) is 11.6 Å². The fourth-order valence-corrected chi connectivity index (χ4v) is 4.04. The van der Waals surface area contributed by atoms with E-state index in [0.29, 0.717) is 16.3 Å². The lowest BCUT2D eigenvalue weighted by Gasteiger charge is -2.42. The summed E-state index contributed by atoms with van der Waals surface area (Å²) in [7, 11) is 0. The van der Waals surface area contributed by atoms with Crippen LogP contribution in [0.5, 0.6) is 5.75 Å². The molecule has 2 aromatic rings. The molecule has 0 spiro atoms. The molecule has 1 amide bonds. The lowest BCUT2D eigenvalue weighted by atomic mass is 9.96. The van der Waals surface area contributed by atoms with Crippen molar-refractivity contribution >= 4 is 18.1 Å². The Morgan fingerprint density at radius 2 is 1.97 bits per heavy atom. The average molecular weight is 453 g/mol. The zero-order valence-corrected chi connectivity index (χ0v) is 18.4. The van der Waals surface area contributed by atoms with E-state index in [1.54, 1.807) is 4.57 Å². The third kappa shape index (κ3) is 4.96. The second kappa shape index (κ2) is 9.88. The molecule has 5 atom stereocenters. The van der Waals surface area contributed by atoms with E-state index in [-0.39, 0.29) is 12.6 Å². The van der Waals surface area contributed by atoms with Crippen molar-refractivity contribution in [2.24, 2.45) is 0 Å². The number of carbonyl (C=O) groups is 1. The van der Waals surface area contributed by atoms with Gasteiger partial charge in [0.25, 0.3) is 0 Å². The van der Waals surface area contributed by atoms with Crippen molar-refractivity contribution in [1.29, 1.82) is 0 Å². The molecular weight excluding hydrogens is 424 g/mol. The molecule has 1 aliphatic heterocycles. The van der Waals surface area contributed by atoms with Crippen LogP contribution in [0.2, 0.25) is 0 Å². The molecule has 0 saturated carbocycles. The van der Waals surface area contributed by atoms with E-state index in [0.717, 1.165) is 0 Å². The van der Waals surface area contributed by atoms with Gasteiger partial charge < -0.3 is 30.1 Å². The highest BCUT2D eigenvalue weighted by Crippen LogP contribution is 2.29. The molecule has 0 unspecified atom stereocenters. The molecule has 0 bridgehead atoms. The molecule has 0 aliphatic carbocycles. The third-order valence-electron chi connectivity index (χ3n) is 5.04. The van der Waals surface area contributed by atoms with Gasteiger partial charge in [0.15, 0.2) is 12.1 Å². The number of rotatable bonds is 7. The van der Waals surface area contributed by atoms with Crippen molar-refractivity contribution < 1.29 is 29.6 Å². The zero-order valence-electron chi connectivity index (χ0n) is 17.6. The average Bonchev–Trinajstić information content (AvgIpc) is 3.07. The van der Waals surface area contributed by atoms with Gasteiger partial charge in [0, 0.05) is 13.0 Å². The van der Waals surface area contributed by atoms with Crippen LogP contribution >= 0.6 is 12.2 Å². The number of amides is 1. The summed E-state index contributed by atoms with van der Waals surface area (Å²) in [6.45, 7) is 4.78. The summed E-state index contributed by atoms with van der Waals surface area (Å²) in [5.74, 6) is 0.770. The summed E-state index contributed by atoms with van der Waals surface area (Å²) >= 11 is 5.62. The Bertz CT molecular complexity index is 947. The Hall–Kier alpha value is -2.31. The van der Waals surface area contributed by atoms with Gasteiger partial charge in [-0.05, 0) is 38.2 Å². The predicted molar refractivity (Wildman–Crippen MR) is 113 cm³/mol. The number of aromatic nitrogens is 3. The Kier molecular flexibility index (Phi) is 7.44. The fourth-order valence-electron chi connectivity index (χ4n) is 3.58. The van der Waals surface area contributed by atoms with Crippen LogP contribution < -0.4 is 10.1 Å². The van der Waals surface area contributed by atoms with Gasteiger partial charge in [-0.25, -0.2) is 4.68 Å². The molecule has 170 valence electrons. The zero-order chi connectivity index (χ0) is 22.7. The van der Waals surface area contributed by atoms with Crippen molar-refractivity contribution in [2.75, 3.05) is 6.61 Å². The van der Waals surface area contributed by atoms with Gasteiger partial charge >= 0.3 is 0 Å². The minimum Gasteiger partial charge on any atom is -0.486 e. The molecule has 1 aliphatic rings. The van der Waals surface area contributed by atoms with Crippen LogP contribution in [0.3, 0.4) is 0 Å². The van der Waals surface area contributed by atoms with Gasteiger partial charge in [0.2, 0.25) is 10.7 Å². The van der Waals surface area contributed by atoms with Crippen LogP contribution in [0.1, 0.15) is 38.9 Å². The summed E-state index contributed by atoms with van der Waals surface area (Å²) < 4.78 is 15.1. The number of ether oxygens (including phenoxy) is 2. The first-order valence-electron chi connectivity index (χ1n) is 10.0. The lowest BCUT2D eigenvalue weighted by molar-refractivity contribution is -0.219. The van der Waals surface area contributed by atoms with Crippen LogP contribution in [-0.4, -0.2) is 66.5 Å². The summed E-state index contributed by atoms with van der Waals surface area (Å²) in [5.41, 5.74) is 0. The Morgan fingerprint density at radius 3 is 2.55 bits per heavy atom. The molecular formula is C20H28N4O6S. The molecule has 2 heterocycles. The van der Waals surface area contributed by atoms with Crippen LogP contribution in [0.4, 0.5) is 0 Å². The summed E-state index contributed by atoms with van der Waals surface area (Å²) in [5, 5.41) is 37.6. The maximum Gasteiger partial charge on any atom is 0.217 e. The molecule has 3 rings (SSSR count). The van der Waals surface area contributed by atoms with Crippen molar-refractivity contribution in [3.05, 3.63) is 40.9 Å².